The molecule has 60 valence electrons. The van der Waals surface area contributed by atoms with E-state index in [4.69, 9.17) is 5.11 Å². The Labute approximate surface area is 61.9 Å². The van der Waals surface area contributed by atoms with Crippen LogP contribution >= 0.6 is 0 Å². The Morgan fingerprint density at radius 3 is 2.30 bits per heavy atom. The van der Waals surface area contributed by atoms with E-state index in [-0.39, 0.29) is 12.7 Å². The molecule has 0 heterocycles. The van der Waals surface area contributed by atoms with E-state index in [1.54, 1.807) is 0 Å². The lowest BCUT2D eigenvalue weighted by Crippen LogP contribution is -2.10. The standard InChI is InChI=1S/C8H16O2/c1-2-6-3-8(10)4-7(6)5-9/h6-10H,2-5H2,1H3/t6-,7+,8-/m0/s1. The molecule has 0 unspecified atom stereocenters. The summed E-state index contributed by atoms with van der Waals surface area (Å²) in [7, 11) is 0. The highest BCUT2D eigenvalue weighted by atomic mass is 16.3. The van der Waals surface area contributed by atoms with Crippen LogP contribution in [0.1, 0.15) is 26.2 Å². The van der Waals surface area contributed by atoms with Gasteiger partial charge in [0.2, 0.25) is 0 Å². The molecule has 0 saturated heterocycles. The van der Waals surface area contributed by atoms with Crippen molar-refractivity contribution >= 4 is 0 Å². The molecule has 10 heavy (non-hydrogen) atoms. The maximum atomic E-state index is 9.22. The third-order valence-corrected chi connectivity index (χ3v) is 2.58. The van der Waals surface area contributed by atoms with Gasteiger partial charge in [0, 0.05) is 6.61 Å². The van der Waals surface area contributed by atoms with Crippen LogP contribution in [-0.4, -0.2) is 22.9 Å². The molecule has 1 rings (SSSR count). The van der Waals surface area contributed by atoms with Crippen molar-refractivity contribution < 1.29 is 10.2 Å². The highest BCUT2D eigenvalue weighted by Gasteiger charge is 2.30. The molecule has 0 bridgehead atoms. The predicted octanol–water partition coefficient (Wildman–Crippen LogP) is 0.776. The monoisotopic (exact) mass is 144 g/mol. The fourth-order valence-electron chi connectivity index (χ4n) is 1.90. The second kappa shape index (κ2) is 3.35. The summed E-state index contributed by atoms with van der Waals surface area (Å²) in [4.78, 5) is 0. The normalized spacial score (nSPS) is 40.5. The van der Waals surface area contributed by atoms with Crippen LogP contribution < -0.4 is 0 Å². The first-order valence-corrected chi connectivity index (χ1v) is 4.06. The second-order valence-electron chi connectivity index (χ2n) is 3.24. The van der Waals surface area contributed by atoms with E-state index in [0.29, 0.717) is 11.8 Å². The Morgan fingerprint density at radius 2 is 1.90 bits per heavy atom. The number of aliphatic hydroxyl groups excluding tert-OH is 2. The van der Waals surface area contributed by atoms with E-state index < -0.39 is 0 Å². The number of aliphatic hydroxyl groups is 2. The summed E-state index contributed by atoms with van der Waals surface area (Å²) in [5, 5.41) is 18.1. The lowest BCUT2D eigenvalue weighted by Gasteiger charge is -2.13. The van der Waals surface area contributed by atoms with Crippen molar-refractivity contribution in [2.24, 2.45) is 11.8 Å². The topological polar surface area (TPSA) is 40.5 Å². The van der Waals surface area contributed by atoms with Crippen molar-refractivity contribution in [3.8, 4) is 0 Å². The van der Waals surface area contributed by atoms with Gasteiger partial charge in [-0.25, -0.2) is 0 Å². The summed E-state index contributed by atoms with van der Waals surface area (Å²) >= 11 is 0. The second-order valence-corrected chi connectivity index (χ2v) is 3.24. The smallest absolute Gasteiger partial charge is 0.0546 e. The molecule has 1 aliphatic carbocycles. The third-order valence-electron chi connectivity index (χ3n) is 2.58. The van der Waals surface area contributed by atoms with Crippen LogP contribution in [0.4, 0.5) is 0 Å². The van der Waals surface area contributed by atoms with Gasteiger partial charge in [0.25, 0.3) is 0 Å². The van der Waals surface area contributed by atoms with Gasteiger partial charge in [-0.3, -0.25) is 0 Å². The maximum absolute atomic E-state index is 9.22. The van der Waals surface area contributed by atoms with Gasteiger partial charge >= 0.3 is 0 Å². The van der Waals surface area contributed by atoms with E-state index in [0.717, 1.165) is 19.3 Å². The zero-order valence-corrected chi connectivity index (χ0v) is 6.45. The van der Waals surface area contributed by atoms with E-state index in [1.165, 1.54) is 0 Å². The molecule has 3 atom stereocenters. The van der Waals surface area contributed by atoms with Gasteiger partial charge in [-0.05, 0) is 24.7 Å². The third kappa shape index (κ3) is 1.50. The van der Waals surface area contributed by atoms with Crippen LogP contribution in [0, 0.1) is 11.8 Å². The fourth-order valence-corrected chi connectivity index (χ4v) is 1.90. The molecule has 0 aromatic carbocycles. The van der Waals surface area contributed by atoms with Crippen molar-refractivity contribution in [3.05, 3.63) is 0 Å². The molecule has 0 radical (unpaired) electrons. The molecule has 0 aliphatic heterocycles. The zero-order chi connectivity index (χ0) is 7.56. The van der Waals surface area contributed by atoms with Gasteiger partial charge in [-0.15, -0.1) is 0 Å². The highest BCUT2D eigenvalue weighted by Crippen LogP contribution is 2.33. The average molecular weight is 144 g/mol. The summed E-state index contributed by atoms with van der Waals surface area (Å²) in [6, 6.07) is 0. The van der Waals surface area contributed by atoms with Gasteiger partial charge < -0.3 is 10.2 Å². The van der Waals surface area contributed by atoms with Crippen LogP contribution in [0.25, 0.3) is 0 Å². The zero-order valence-electron chi connectivity index (χ0n) is 6.45. The minimum absolute atomic E-state index is 0.151. The molecule has 2 nitrogen and oxygen atoms in total. The van der Waals surface area contributed by atoms with Crippen LogP contribution in [-0.2, 0) is 0 Å². The quantitative estimate of drug-likeness (QED) is 0.601. The van der Waals surface area contributed by atoms with Crippen LogP contribution in [0.2, 0.25) is 0 Å². The van der Waals surface area contributed by atoms with Crippen molar-refractivity contribution in [1.29, 1.82) is 0 Å². The molecule has 1 saturated carbocycles. The van der Waals surface area contributed by atoms with Gasteiger partial charge in [0.1, 0.15) is 0 Å². The number of hydrogen-bond donors (Lipinski definition) is 2. The van der Waals surface area contributed by atoms with E-state index >= 15 is 0 Å². The Hall–Kier alpha value is -0.0800. The SMILES string of the molecule is CC[C@H]1C[C@H](O)C[C@@H]1CO. The summed E-state index contributed by atoms with van der Waals surface area (Å²) in [6.07, 6.45) is 2.63. The van der Waals surface area contributed by atoms with Gasteiger partial charge in [0.15, 0.2) is 0 Å². The average Bonchev–Trinajstić information content (AvgIpc) is 2.30. The Balaban J connectivity index is 2.41. The summed E-state index contributed by atoms with van der Waals surface area (Å²) in [5.74, 6) is 0.917. The van der Waals surface area contributed by atoms with E-state index in [2.05, 4.69) is 6.92 Å². The number of rotatable bonds is 2. The largest absolute Gasteiger partial charge is 0.396 e. The van der Waals surface area contributed by atoms with Gasteiger partial charge in [-0.1, -0.05) is 13.3 Å². The Morgan fingerprint density at radius 1 is 1.30 bits per heavy atom. The molecule has 2 heteroatoms. The lowest BCUT2D eigenvalue weighted by atomic mass is 9.95. The minimum Gasteiger partial charge on any atom is -0.396 e. The molecule has 0 aromatic rings. The molecule has 1 fully saturated rings. The van der Waals surface area contributed by atoms with Crippen molar-refractivity contribution in [2.45, 2.75) is 32.3 Å². The van der Waals surface area contributed by atoms with E-state index in [1.807, 2.05) is 0 Å². The fraction of sp³-hybridized carbons (Fsp3) is 1.00. The molecular weight excluding hydrogens is 128 g/mol. The summed E-state index contributed by atoms with van der Waals surface area (Å²) in [5.41, 5.74) is 0. The lowest BCUT2D eigenvalue weighted by molar-refractivity contribution is 0.162. The van der Waals surface area contributed by atoms with Crippen molar-refractivity contribution in [2.75, 3.05) is 6.61 Å². The molecule has 0 amide bonds. The first kappa shape index (κ1) is 8.02. The molecule has 0 aromatic heterocycles. The minimum atomic E-state index is -0.151. The summed E-state index contributed by atoms with van der Waals surface area (Å²) < 4.78 is 0. The predicted molar refractivity (Wildman–Crippen MR) is 39.6 cm³/mol. The first-order valence-electron chi connectivity index (χ1n) is 4.06. The van der Waals surface area contributed by atoms with Crippen molar-refractivity contribution in [1.82, 2.24) is 0 Å². The van der Waals surface area contributed by atoms with Crippen LogP contribution in [0.3, 0.4) is 0 Å². The molecule has 2 N–H and O–H groups in total. The van der Waals surface area contributed by atoms with Crippen LogP contribution in [0.15, 0.2) is 0 Å². The van der Waals surface area contributed by atoms with Gasteiger partial charge in [0.05, 0.1) is 6.10 Å². The first-order chi connectivity index (χ1) is 4.77. The van der Waals surface area contributed by atoms with Gasteiger partial charge in [-0.2, -0.15) is 0 Å². The van der Waals surface area contributed by atoms with Crippen molar-refractivity contribution in [3.63, 3.8) is 0 Å². The molecule has 0 spiro atoms. The molecule has 1 aliphatic rings. The Bertz CT molecular complexity index is 91.4. The molecular formula is C8H16O2. The maximum Gasteiger partial charge on any atom is 0.0546 e. The highest BCUT2D eigenvalue weighted by molar-refractivity contribution is 4.81. The Kier molecular flexibility index (Phi) is 2.69. The summed E-state index contributed by atoms with van der Waals surface area (Å²) in [6.45, 7) is 2.36. The number of hydrogen-bond acceptors (Lipinski definition) is 2. The van der Waals surface area contributed by atoms with Crippen LogP contribution in [0.5, 0.6) is 0 Å². The van der Waals surface area contributed by atoms with E-state index in [9.17, 15) is 5.11 Å².